The van der Waals surface area contributed by atoms with Crippen molar-refractivity contribution in [3.63, 3.8) is 0 Å². The summed E-state index contributed by atoms with van der Waals surface area (Å²) in [7, 11) is 0. The third-order valence-electron chi connectivity index (χ3n) is 6.57. The number of nitrogens with zero attached hydrogens (tertiary/aromatic N) is 6. The van der Waals surface area contributed by atoms with Crippen LogP contribution in [0.4, 0.5) is 4.79 Å². The van der Waals surface area contributed by atoms with Gasteiger partial charge in [0.05, 0.1) is 24.2 Å². The Morgan fingerprint density at radius 1 is 1.00 bits per heavy atom. The predicted octanol–water partition coefficient (Wildman–Crippen LogP) is 4.21. The molecule has 0 radical (unpaired) electrons. The van der Waals surface area contributed by atoms with Crippen LogP contribution in [0.15, 0.2) is 40.6 Å². The predicted molar refractivity (Wildman–Crippen MR) is 138 cm³/mol. The van der Waals surface area contributed by atoms with Gasteiger partial charge in [-0.25, -0.2) is 4.79 Å². The summed E-state index contributed by atoms with van der Waals surface area (Å²) in [4.78, 5) is 41.8. The summed E-state index contributed by atoms with van der Waals surface area (Å²) in [6.07, 6.45) is -3.57. The fourth-order valence-electron chi connectivity index (χ4n) is 4.83. The molecule has 1 aromatic carbocycles. The molecule has 1 saturated heterocycles. The minimum Gasteiger partial charge on any atom is -0.458 e. The zero-order valence-electron chi connectivity index (χ0n) is 22.5. The Morgan fingerprint density at radius 3 is 2.25 bits per heavy atom. The Balaban J connectivity index is 1.71. The molecular weight excluding hydrogens is 526 g/mol. The zero-order valence-corrected chi connectivity index (χ0v) is 22.5. The van der Waals surface area contributed by atoms with Gasteiger partial charge >= 0.3 is 18.0 Å². The minimum absolute atomic E-state index is 0.0180. The van der Waals surface area contributed by atoms with E-state index in [9.17, 15) is 19.9 Å². The summed E-state index contributed by atoms with van der Waals surface area (Å²) < 4.78 is 28.5. The topological polar surface area (TPSA) is 207 Å². The molecule has 216 valence electrons. The lowest BCUT2D eigenvalue weighted by atomic mass is 9.84. The maximum absolute atomic E-state index is 12.3. The van der Waals surface area contributed by atoms with Crippen LogP contribution in [-0.2, 0) is 39.9 Å². The van der Waals surface area contributed by atoms with E-state index < -0.39 is 66.9 Å². The molecule has 8 atom stereocenters. The normalized spacial score (nSPS) is 28.5. The number of rotatable bonds is 10. The van der Waals surface area contributed by atoms with Crippen molar-refractivity contribution >= 4 is 18.0 Å². The van der Waals surface area contributed by atoms with Crippen LogP contribution in [0.3, 0.4) is 0 Å². The molecule has 15 heteroatoms. The van der Waals surface area contributed by atoms with Gasteiger partial charge in [-0.15, -0.1) is 0 Å². The van der Waals surface area contributed by atoms with Gasteiger partial charge in [0, 0.05) is 23.7 Å². The fraction of sp³-hybridized carbons (Fsp3) is 0.640. The molecule has 1 aromatic rings. The van der Waals surface area contributed by atoms with Crippen molar-refractivity contribution < 1.29 is 38.1 Å². The van der Waals surface area contributed by atoms with Gasteiger partial charge in [-0.3, -0.25) is 9.59 Å². The van der Waals surface area contributed by atoms with E-state index >= 15 is 0 Å². The van der Waals surface area contributed by atoms with E-state index in [-0.39, 0.29) is 13.0 Å². The average molecular weight is 560 g/mol. The van der Waals surface area contributed by atoms with Crippen LogP contribution >= 0.6 is 0 Å². The number of hydrogen-bond acceptors (Lipinski definition) is 10. The highest BCUT2D eigenvalue weighted by molar-refractivity contribution is 5.68. The van der Waals surface area contributed by atoms with E-state index in [2.05, 4.69) is 25.4 Å². The van der Waals surface area contributed by atoms with Gasteiger partial charge in [0.1, 0.15) is 18.8 Å². The molecule has 1 amide bonds. The van der Waals surface area contributed by atoms with Gasteiger partial charge < -0.3 is 29.0 Å². The lowest BCUT2D eigenvalue weighted by Crippen LogP contribution is -2.59. The van der Waals surface area contributed by atoms with Crippen molar-refractivity contribution in [3.8, 4) is 0 Å². The van der Waals surface area contributed by atoms with E-state index in [1.165, 1.54) is 13.8 Å². The van der Waals surface area contributed by atoms with Gasteiger partial charge in [0.2, 0.25) is 0 Å². The summed E-state index contributed by atoms with van der Waals surface area (Å²) in [5.41, 5.74) is 19.1. The second-order valence-corrected chi connectivity index (χ2v) is 9.56. The summed E-state index contributed by atoms with van der Waals surface area (Å²) in [5, 5.41) is 10.2. The highest BCUT2D eigenvalue weighted by atomic mass is 16.7. The van der Waals surface area contributed by atoms with Crippen LogP contribution in [0.5, 0.6) is 0 Å². The van der Waals surface area contributed by atoms with Crippen molar-refractivity contribution in [2.24, 2.45) is 10.2 Å². The van der Waals surface area contributed by atoms with E-state index in [1.807, 2.05) is 30.3 Å². The molecule has 40 heavy (non-hydrogen) atoms. The number of azide groups is 2. The third-order valence-corrected chi connectivity index (χ3v) is 6.57. The number of carbonyl (C=O) groups is 3. The summed E-state index contributed by atoms with van der Waals surface area (Å²) in [5.74, 6) is -1.39. The first-order valence-electron chi connectivity index (χ1n) is 12.9. The van der Waals surface area contributed by atoms with Gasteiger partial charge in [0.15, 0.2) is 12.4 Å². The molecule has 1 heterocycles. The molecule has 2 fully saturated rings. The van der Waals surface area contributed by atoms with Gasteiger partial charge in [-0.05, 0) is 49.2 Å². The second kappa shape index (κ2) is 14.9. The molecule has 1 saturated carbocycles. The van der Waals surface area contributed by atoms with Crippen LogP contribution in [-0.4, -0.2) is 66.9 Å². The number of nitrogens with one attached hydrogen (secondary N) is 1. The number of benzene rings is 1. The monoisotopic (exact) mass is 559 g/mol. The van der Waals surface area contributed by atoms with Crippen LogP contribution in [0.25, 0.3) is 20.9 Å². The highest BCUT2D eigenvalue weighted by Crippen LogP contribution is 2.34. The largest absolute Gasteiger partial charge is 0.458 e. The number of esters is 2. The van der Waals surface area contributed by atoms with Gasteiger partial charge in [-0.1, -0.05) is 40.6 Å². The van der Waals surface area contributed by atoms with Crippen LogP contribution < -0.4 is 5.32 Å². The molecule has 0 aromatic heterocycles. The molecule has 0 spiro atoms. The van der Waals surface area contributed by atoms with Crippen molar-refractivity contribution in [2.75, 3.05) is 0 Å². The Kier molecular flexibility index (Phi) is 11.4. The van der Waals surface area contributed by atoms with Gasteiger partial charge in [0.25, 0.3) is 0 Å². The van der Waals surface area contributed by atoms with E-state index in [4.69, 9.17) is 29.2 Å². The molecule has 0 bridgehead atoms. The number of hydrogen-bond donors (Lipinski definition) is 1. The highest BCUT2D eigenvalue weighted by Gasteiger charge is 2.50. The van der Waals surface area contributed by atoms with Crippen molar-refractivity contribution in [1.82, 2.24) is 5.32 Å². The summed E-state index contributed by atoms with van der Waals surface area (Å²) in [6, 6.07) is 6.95. The Hall–Kier alpha value is -4.03. The molecule has 2 aliphatic rings. The van der Waals surface area contributed by atoms with E-state index in [0.717, 1.165) is 5.56 Å². The summed E-state index contributed by atoms with van der Waals surface area (Å²) >= 11 is 0. The molecule has 3 rings (SSSR count). The Morgan fingerprint density at radius 2 is 1.62 bits per heavy atom. The van der Waals surface area contributed by atoms with E-state index in [1.54, 1.807) is 6.92 Å². The summed E-state index contributed by atoms with van der Waals surface area (Å²) in [6.45, 7) is 4.24. The first-order valence-corrected chi connectivity index (χ1v) is 12.9. The maximum Gasteiger partial charge on any atom is 0.407 e. The first kappa shape index (κ1) is 30.5. The molecule has 1 aliphatic carbocycles. The number of alkyl carbamates (subject to hydrolysis) is 1. The van der Waals surface area contributed by atoms with Crippen molar-refractivity contribution in [3.05, 3.63) is 56.8 Å². The zero-order chi connectivity index (χ0) is 29.1. The lowest BCUT2D eigenvalue weighted by Gasteiger charge is -2.44. The number of carbonyl (C=O) groups excluding carboxylic acids is 3. The number of ether oxygens (including phenoxy) is 5. The Labute approximate surface area is 230 Å². The fourth-order valence-corrected chi connectivity index (χ4v) is 4.83. The molecule has 1 N–H and O–H groups in total. The van der Waals surface area contributed by atoms with Crippen molar-refractivity contribution in [1.29, 1.82) is 0 Å². The van der Waals surface area contributed by atoms with Crippen LogP contribution in [0, 0.1) is 0 Å². The molecule has 1 unspecified atom stereocenters. The van der Waals surface area contributed by atoms with Crippen molar-refractivity contribution in [2.45, 2.75) is 102 Å². The molecule has 15 nitrogen and oxygen atoms in total. The average Bonchev–Trinajstić information content (AvgIpc) is 2.92. The van der Waals surface area contributed by atoms with Gasteiger partial charge in [-0.2, -0.15) is 0 Å². The first-order chi connectivity index (χ1) is 19.2. The van der Waals surface area contributed by atoms with Crippen LogP contribution in [0.1, 0.15) is 52.0 Å². The SMILES string of the molecule is CC(=O)O[C@@H]1[C@@H](OC(C)=O)[C@H](N=[N+]=[N-])C[C@H](N=[N+]=[N-])[C@H]1OC1CCC[C@@H]([C@@H](C)NC(=O)OCc2ccccc2)O1. The Bertz CT molecular complexity index is 1130. The molecule has 1 aliphatic heterocycles. The smallest absolute Gasteiger partial charge is 0.407 e. The lowest BCUT2D eigenvalue weighted by molar-refractivity contribution is -0.255. The van der Waals surface area contributed by atoms with E-state index in [0.29, 0.717) is 19.3 Å². The van der Waals surface area contributed by atoms with Crippen LogP contribution in [0.2, 0.25) is 0 Å². The third kappa shape index (κ3) is 8.75. The minimum atomic E-state index is -1.24. The molecular formula is C25H33N7O8. The second-order valence-electron chi connectivity index (χ2n) is 9.56. The number of amides is 1. The maximum atomic E-state index is 12.3. The quantitative estimate of drug-likeness (QED) is 0.144. The standard InChI is InChI=1S/C25H33N7O8/c1-14(28-25(35)36-13-17-8-5-4-6-9-17)20-10-7-11-21(39-20)40-23-19(30-32-27)12-18(29-31-26)22(37-15(2)33)24(23)38-16(3)34/h4-6,8-9,14,18-24H,7,10-13H2,1-3H3,(H,28,35)/t14-,18-,19+,20+,21?,22+,23-,24-/m1/s1.